The van der Waals surface area contributed by atoms with Crippen molar-refractivity contribution >= 4 is 52.7 Å². The Bertz CT molecular complexity index is 1070. The molecule has 2 aromatic carbocycles. The molecule has 0 bridgehead atoms. The molecule has 2 saturated heterocycles. The van der Waals surface area contributed by atoms with Crippen molar-refractivity contribution in [1.82, 2.24) is 5.32 Å². The van der Waals surface area contributed by atoms with Gasteiger partial charge in [0.1, 0.15) is 0 Å². The lowest BCUT2D eigenvalue weighted by Crippen LogP contribution is -2.46. The number of hydrogen-bond acceptors (Lipinski definition) is 4. The van der Waals surface area contributed by atoms with Crippen molar-refractivity contribution < 1.29 is 27.5 Å². The van der Waals surface area contributed by atoms with Gasteiger partial charge in [0.05, 0.1) is 6.54 Å². The molecule has 1 unspecified atom stereocenters. The largest absolute Gasteiger partial charge is 0.434 e. The number of halogens is 5. The highest BCUT2D eigenvalue weighted by Gasteiger charge is 2.65. The summed E-state index contributed by atoms with van der Waals surface area (Å²) in [5.41, 5.74) is -2.21. The Labute approximate surface area is 196 Å². The Morgan fingerprint density at radius 1 is 1.19 bits per heavy atom. The first-order valence-electron chi connectivity index (χ1n) is 9.53. The van der Waals surface area contributed by atoms with Crippen LogP contribution in [0.25, 0.3) is 0 Å². The van der Waals surface area contributed by atoms with Gasteiger partial charge in [-0.25, -0.2) is 4.79 Å². The van der Waals surface area contributed by atoms with E-state index >= 15 is 0 Å². The average molecular weight is 505 g/mol. The van der Waals surface area contributed by atoms with Crippen LogP contribution in [0.1, 0.15) is 21.5 Å². The van der Waals surface area contributed by atoms with Gasteiger partial charge in [-0.1, -0.05) is 23.2 Å². The molecule has 0 aliphatic carbocycles. The lowest BCUT2D eigenvalue weighted by atomic mass is 9.92. The summed E-state index contributed by atoms with van der Waals surface area (Å²) in [4.78, 5) is 25.9. The summed E-state index contributed by atoms with van der Waals surface area (Å²) in [6, 6.07) is 7.96. The average Bonchev–Trinajstić information content (AvgIpc) is 3.02. The zero-order chi connectivity index (χ0) is 23.3. The van der Waals surface area contributed by atoms with Crippen LogP contribution < -0.4 is 10.2 Å². The van der Waals surface area contributed by atoms with Crippen LogP contribution in [0, 0.1) is 6.92 Å². The Hall–Kier alpha value is -2.10. The van der Waals surface area contributed by atoms with Crippen molar-refractivity contribution in [2.75, 3.05) is 23.0 Å². The summed E-state index contributed by atoms with van der Waals surface area (Å²) in [5, 5.41) is 2.87. The van der Waals surface area contributed by atoms with Crippen molar-refractivity contribution in [3.8, 4) is 0 Å². The highest BCUT2D eigenvalue weighted by Crippen LogP contribution is 2.48. The lowest BCUT2D eigenvalue weighted by Gasteiger charge is -2.30. The first-order chi connectivity index (χ1) is 15.0. The maximum Gasteiger partial charge on any atom is 0.434 e. The normalized spacial score (nSPS) is 21.3. The van der Waals surface area contributed by atoms with E-state index in [-0.39, 0.29) is 33.2 Å². The summed E-state index contributed by atoms with van der Waals surface area (Å²) >= 11 is 13.5. The van der Waals surface area contributed by atoms with Gasteiger partial charge in [-0.3, -0.25) is 9.69 Å². The standard InChI is InChI=1S/C21H17Cl2F3N2O3S/c1-11-4-16(2-3-17(11)18(29)27-15-8-32-9-15)28-10-20(21(24,25)26,31-19(28)30)12-5-13(22)7-14(23)6-12/h2-7,15H,8-10H2,1H3,(H,27,29). The number of thioether (sulfide) groups is 1. The number of rotatable bonds is 4. The fourth-order valence-electron chi connectivity index (χ4n) is 3.62. The van der Waals surface area contributed by atoms with E-state index in [9.17, 15) is 22.8 Å². The van der Waals surface area contributed by atoms with Crippen LogP contribution in [0.2, 0.25) is 10.0 Å². The van der Waals surface area contributed by atoms with Crippen molar-refractivity contribution in [2.45, 2.75) is 24.7 Å². The first-order valence-corrected chi connectivity index (χ1v) is 11.4. The Kier molecular flexibility index (Phi) is 6.02. The summed E-state index contributed by atoms with van der Waals surface area (Å²) in [7, 11) is 0. The van der Waals surface area contributed by atoms with Crippen molar-refractivity contribution in [1.29, 1.82) is 0 Å². The Morgan fingerprint density at radius 2 is 1.84 bits per heavy atom. The summed E-state index contributed by atoms with van der Waals surface area (Å²) in [5.74, 6) is 1.42. The van der Waals surface area contributed by atoms with Gasteiger partial charge in [-0.05, 0) is 48.9 Å². The molecule has 2 aromatic rings. The minimum atomic E-state index is -4.93. The first kappa shape index (κ1) is 23.1. The maximum absolute atomic E-state index is 14.2. The van der Waals surface area contributed by atoms with Gasteiger partial charge in [0.15, 0.2) is 0 Å². The smallest absolute Gasteiger partial charge is 0.426 e. The van der Waals surface area contributed by atoms with Gasteiger partial charge in [0.25, 0.3) is 11.5 Å². The van der Waals surface area contributed by atoms with Crippen LogP contribution in [-0.4, -0.2) is 42.3 Å². The quantitative estimate of drug-likeness (QED) is 0.591. The zero-order valence-corrected chi connectivity index (χ0v) is 19.0. The van der Waals surface area contributed by atoms with Gasteiger partial charge in [0.2, 0.25) is 0 Å². The van der Waals surface area contributed by atoms with Crippen molar-refractivity contribution in [3.05, 3.63) is 63.1 Å². The second-order valence-electron chi connectivity index (χ2n) is 7.64. The van der Waals surface area contributed by atoms with E-state index in [1.807, 2.05) is 0 Å². The monoisotopic (exact) mass is 504 g/mol. The number of benzene rings is 2. The fourth-order valence-corrected chi connectivity index (χ4v) is 4.79. The summed E-state index contributed by atoms with van der Waals surface area (Å²) < 4.78 is 47.5. The molecule has 4 rings (SSSR count). The van der Waals surface area contributed by atoms with Gasteiger partial charge in [-0.2, -0.15) is 24.9 Å². The number of carbonyl (C=O) groups is 2. The number of carbonyl (C=O) groups excluding carboxylic acids is 2. The van der Waals surface area contributed by atoms with Crippen LogP contribution >= 0.6 is 35.0 Å². The van der Waals surface area contributed by atoms with E-state index in [0.717, 1.165) is 28.5 Å². The zero-order valence-electron chi connectivity index (χ0n) is 16.6. The molecule has 1 N–H and O–H groups in total. The number of ether oxygens (including phenoxy) is 1. The molecule has 1 atom stereocenters. The number of alkyl halides is 3. The van der Waals surface area contributed by atoms with E-state index in [1.165, 1.54) is 24.3 Å². The third-order valence-corrected chi connectivity index (χ3v) is 7.10. The molecule has 170 valence electrons. The van der Waals surface area contributed by atoms with E-state index < -0.39 is 24.4 Å². The molecule has 0 radical (unpaired) electrons. The molecule has 0 aromatic heterocycles. The summed E-state index contributed by atoms with van der Waals surface area (Å²) in [6.45, 7) is 0.833. The van der Waals surface area contributed by atoms with E-state index in [2.05, 4.69) is 5.32 Å². The highest BCUT2D eigenvalue weighted by atomic mass is 35.5. The van der Waals surface area contributed by atoms with Gasteiger partial charge in [-0.15, -0.1) is 0 Å². The highest BCUT2D eigenvalue weighted by molar-refractivity contribution is 8.00. The predicted octanol–water partition coefficient (Wildman–Crippen LogP) is 5.56. The molecule has 2 aliphatic heterocycles. The second-order valence-corrected chi connectivity index (χ2v) is 9.59. The Balaban J connectivity index is 1.65. The van der Waals surface area contributed by atoms with Crippen LogP contribution in [0.5, 0.6) is 0 Å². The van der Waals surface area contributed by atoms with E-state index in [1.54, 1.807) is 18.7 Å². The van der Waals surface area contributed by atoms with E-state index in [0.29, 0.717) is 11.1 Å². The third-order valence-electron chi connectivity index (χ3n) is 5.39. The molecule has 11 heteroatoms. The molecule has 2 heterocycles. The molecular formula is C21H17Cl2F3N2O3S. The van der Waals surface area contributed by atoms with Crippen LogP contribution in [0.4, 0.5) is 23.7 Å². The molecule has 2 fully saturated rings. The molecule has 2 amide bonds. The minimum Gasteiger partial charge on any atom is -0.426 e. The number of anilines is 1. The van der Waals surface area contributed by atoms with Crippen LogP contribution in [0.15, 0.2) is 36.4 Å². The number of nitrogens with one attached hydrogen (secondary N) is 1. The number of cyclic esters (lactones) is 1. The molecule has 0 saturated carbocycles. The Morgan fingerprint density at radius 3 is 2.38 bits per heavy atom. The van der Waals surface area contributed by atoms with Gasteiger partial charge >= 0.3 is 12.3 Å². The van der Waals surface area contributed by atoms with Crippen LogP contribution in [0.3, 0.4) is 0 Å². The maximum atomic E-state index is 14.2. The van der Waals surface area contributed by atoms with Gasteiger partial charge in [0, 0.05) is 44.4 Å². The predicted molar refractivity (Wildman–Crippen MR) is 118 cm³/mol. The lowest BCUT2D eigenvalue weighted by molar-refractivity contribution is -0.250. The topological polar surface area (TPSA) is 58.6 Å². The molecule has 32 heavy (non-hydrogen) atoms. The minimum absolute atomic E-state index is 0.0123. The van der Waals surface area contributed by atoms with Crippen LogP contribution in [-0.2, 0) is 10.3 Å². The second kappa shape index (κ2) is 8.35. The molecule has 2 aliphatic rings. The molecular weight excluding hydrogens is 488 g/mol. The summed E-state index contributed by atoms with van der Waals surface area (Å²) in [6.07, 6.45) is -6.09. The number of amides is 2. The molecule has 5 nitrogen and oxygen atoms in total. The third kappa shape index (κ3) is 4.13. The molecule has 0 spiro atoms. The fraction of sp³-hybridized carbons (Fsp3) is 0.333. The van der Waals surface area contributed by atoms with Gasteiger partial charge < -0.3 is 10.1 Å². The van der Waals surface area contributed by atoms with Crippen molar-refractivity contribution in [3.63, 3.8) is 0 Å². The van der Waals surface area contributed by atoms with Crippen molar-refractivity contribution in [2.24, 2.45) is 0 Å². The number of aryl methyl sites for hydroxylation is 1. The number of hydrogen-bond donors (Lipinski definition) is 1. The SMILES string of the molecule is Cc1cc(N2CC(c3cc(Cl)cc(Cl)c3)(C(F)(F)F)OC2=O)ccc1C(=O)NC1CSC1. The number of nitrogens with zero attached hydrogens (tertiary/aromatic N) is 1. The van der Waals surface area contributed by atoms with E-state index in [4.69, 9.17) is 27.9 Å².